The van der Waals surface area contributed by atoms with E-state index >= 15 is 0 Å². The van der Waals surface area contributed by atoms with Gasteiger partial charge in [0.15, 0.2) is 0 Å². The molecule has 1 N–H and O–H groups in total. The fourth-order valence-electron chi connectivity index (χ4n) is 3.50. The Hall–Kier alpha value is -1.95. The molecule has 2 unspecified atom stereocenters. The fourth-order valence-corrected chi connectivity index (χ4v) is 3.50. The lowest BCUT2D eigenvalue weighted by atomic mass is 10.0. The topological polar surface area (TPSA) is 60.0 Å². The van der Waals surface area contributed by atoms with Gasteiger partial charge in [0, 0.05) is 37.2 Å². The molecule has 24 heavy (non-hydrogen) atoms. The van der Waals surface area contributed by atoms with Gasteiger partial charge in [0.1, 0.15) is 11.5 Å². The minimum atomic E-state index is 0.00210. The van der Waals surface area contributed by atoms with Gasteiger partial charge in [0.2, 0.25) is 0 Å². The van der Waals surface area contributed by atoms with Crippen LogP contribution in [0.1, 0.15) is 30.9 Å². The molecule has 2 heterocycles. The molecular formula is C18H26N2O4. The van der Waals surface area contributed by atoms with Gasteiger partial charge in [-0.25, -0.2) is 4.79 Å². The Bertz CT molecular complexity index is 572. The van der Waals surface area contributed by atoms with Gasteiger partial charge in [-0.3, -0.25) is 0 Å². The summed E-state index contributed by atoms with van der Waals surface area (Å²) >= 11 is 0. The predicted molar refractivity (Wildman–Crippen MR) is 90.6 cm³/mol. The van der Waals surface area contributed by atoms with Crippen molar-refractivity contribution in [2.24, 2.45) is 5.92 Å². The smallest absolute Gasteiger partial charge is 0.317 e. The van der Waals surface area contributed by atoms with Gasteiger partial charge in [-0.2, -0.15) is 0 Å². The Morgan fingerprint density at radius 1 is 1.33 bits per heavy atom. The number of carbonyl (C=O) groups excluding carboxylic acids is 1. The van der Waals surface area contributed by atoms with E-state index < -0.39 is 0 Å². The molecule has 1 aromatic rings. The maximum absolute atomic E-state index is 12.6. The standard InChI is InChI=1S/C18H26N2O4/c1-22-14-5-6-15(17(10-14)23-2)16-4-3-8-20(16)18(21)19-11-13-7-9-24-12-13/h5-6,10,13,16H,3-4,7-9,11-12H2,1-2H3,(H,19,21). The Morgan fingerprint density at radius 2 is 2.21 bits per heavy atom. The molecular weight excluding hydrogens is 308 g/mol. The SMILES string of the molecule is COc1ccc(C2CCCN2C(=O)NCC2CCOC2)c(OC)c1. The minimum Gasteiger partial charge on any atom is -0.497 e. The van der Waals surface area contributed by atoms with Crippen molar-refractivity contribution in [2.45, 2.75) is 25.3 Å². The largest absolute Gasteiger partial charge is 0.497 e. The average Bonchev–Trinajstić information content (AvgIpc) is 3.30. The second-order valence-corrected chi connectivity index (χ2v) is 6.37. The van der Waals surface area contributed by atoms with Crippen LogP contribution in [0.5, 0.6) is 11.5 Å². The highest BCUT2D eigenvalue weighted by Gasteiger charge is 2.32. The Balaban J connectivity index is 1.69. The van der Waals surface area contributed by atoms with E-state index in [0.717, 1.165) is 56.1 Å². The summed E-state index contributed by atoms with van der Waals surface area (Å²) in [5.74, 6) is 1.96. The number of urea groups is 1. The Kier molecular flexibility index (Phi) is 5.45. The van der Waals surface area contributed by atoms with Gasteiger partial charge in [0.05, 0.1) is 26.9 Å². The lowest BCUT2D eigenvalue weighted by Gasteiger charge is -2.27. The first-order valence-electron chi connectivity index (χ1n) is 8.57. The zero-order valence-electron chi connectivity index (χ0n) is 14.4. The van der Waals surface area contributed by atoms with Crippen LogP contribution in [0.25, 0.3) is 0 Å². The molecule has 3 rings (SSSR count). The van der Waals surface area contributed by atoms with Crippen LogP contribution < -0.4 is 14.8 Å². The molecule has 132 valence electrons. The number of nitrogens with zero attached hydrogens (tertiary/aromatic N) is 1. The number of carbonyl (C=O) groups is 1. The summed E-state index contributed by atoms with van der Waals surface area (Å²) in [6.45, 7) is 3.00. The molecule has 6 nitrogen and oxygen atoms in total. The first kappa shape index (κ1) is 16.9. The van der Waals surface area contributed by atoms with E-state index in [4.69, 9.17) is 14.2 Å². The third-order valence-corrected chi connectivity index (χ3v) is 4.88. The molecule has 2 amide bonds. The zero-order chi connectivity index (χ0) is 16.9. The molecule has 2 saturated heterocycles. The number of amides is 2. The predicted octanol–water partition coefficient (Wildman–Crippen LogP) is 2.59. The molecule has 1 aromatic carbocycles. The molecule has 2 atom stereocenters. The first-order valence-corrected chi connectivity index (χ1v) is 8.57. The van der Waals surface area contributed by atoms with Crippen LogP contribution in [0.4, 0.5) is 4.79 Å². The Labute approximate surface area is 143 Å². The normalized spacial score (nSPS) is 23.3. The molecule has 0 aliphatic carbocycles. The summed E-state index contributed by atoms with van der Waals surface area (Å²) in [6, 6.07) is 5.84. The maximum atomic E-state index is 12.6. The van der Waals surface area contributed by atoms with E-state index in [-0.39, 0.29) is 12.1 Å². The highest BCUT2D eigenvalue weighted by molar-refractivity contribution is 5.75. The molecule has 2 fully saturated rings. The summed E-state index contributed by atoms with van der Waals surface area (Å²) in [5, 5.41) is 3.07. The van der Waals surface area contributed by atoms with Crippen molar-refractivity contribution in [1.29, 1.82) is 0 Å². The first-order chi connectivity index (χ1) is 11.7. The van der Waals surface area contributed by atoms with Crippen molar-refractivity contribution in [3.63, 3.8) is 0 Å². The van der Waals surface area contributed by atoms with Gasteiger partial charge >= 0.3 is 6.03 Å². The summed E-state index contributed by atoms with van der Waals surface area (Å²) in [7, 11) is 3.29. The monoisotopic (exact) mass is 334 g/mol. The number of hydrogen-bond acceptors (Lipinski definition) is 4. The van der Waals surface area contributed by atoms with E-state index in [1.54, 1.807) is 14.2 Å². The second kappa shape index (κ2) is 7.75. The number of rotatable bonds is 5. The van der Waals surface area contributed by atoms with Crippen molar-refractivity contribution < 1.29 is 19.0 Å². The van der Waals surface area contributed by atoms with Gasteiger partial charge in [-0.1, -0.05) is 0 Å². The molecule has 0 spiro atoms. The van der Waals surface area contributed by atoms with Gasteiger partial charge in [-0.05, 0) is 31.4 Å². The number of hydrogen-bond donors (Lipinski definition) is 1. The van der Waals surface area contributed by atoms with E-state index in [1.165, 1.54) is 0 Å². The molecule has 2 aliphatic heterocycles. The van der Waals surface area contributed by atoms with Gasteiger partial charge < -0.3 is 24.4 Å². The van der Waals surface area contributed by atoms with E-state index in [2.05, 4.69) is 5.32 Å². The second-order valence-electron chi connectivity index (χ2n) is 6.37. The summed E-state index contributed by atoms with van der Waals surface area (Å²) in [5.41, 5.74) is 1.04. The quantitative estimate of drug-likeness (QED) is 0.899. The van der Waals surface area contributed by atoms with Crippen LogP contribution in [-0.4, -0.2) is 51.5 Å². The molecule has 0 saturated carbocycles. The van der Waals surface area contributed by atoms with Crippen LogP contribution in [0.3, 0.4) is 0 Å². The van der Waals surface area contributed by atoms with Crippen molar-refractivity contribution in [2.75, 3.05) is 40.5 Å². The minimum absolute atomic E-state index is 0.00210. The number of nitrogens with one attached hydrogen (secondary N) is 1. The molecule has 6 heteroatoms. The third kappa shape index (κ3) is 3.59. The van der Waals surface area contributed by atoms with Crippen LogP contribution in [0.2, 0.25) is 0 Å². The maximum Gasteiger partial charge on any atom is 0.317 e. The number of ether oxygens (including phenoxy) is 3. The number of methoxy groups -OCH3 is 2. The summed E-state index contributed by atoms with van der Waals surface area (Å²) in [6.07, 6.45) is 2.97. The van der Waals surface area contributed by atoms with E-state index in [0.29, 0.717) is 12.5 Å². The average molecular weight is 334 g/mol. The van der Waals surface area contributed by atoms with Crippen molar-refractivity contribution in [3.8, 4) is 11.5 Å². The lowest BCUT2D eigenvalue weighted by molar-refractivity contribution is 0.178. The van der Waals surface area contributed by atoms with Crippen LogP contribution >= 0.6 is 0 Å². The molecule has 0 bridgehead atoms. The number of benzene rings is 1. The fraction of sp³-hybridized carbons (Fsp3) is 0.611. The van der Waals surface area contributed by atoms with Crippen LogP contribution in [-0.2, 0) is 4.74 Å². The molecule has 0 radical (unpaired) electrons. The summed E-state index contributed by atoms with van der Waals surface area (Å²) < 4.78 is 16.1. The highest BCUT2D eigenvalue weighted by atomic mass is 16.5. The van der Waals surface area contributed by atoms with E-state index in [1.807, 2.05) is 23.1 Å². The van der Waals surface area contributed by atoms with Gasteiger partial charge in [0.25, 0.3) is 0 Å². The zero-order valence-corrected chi connectivity index (χ0v) is 14.4. The highest BCUT2D eigenvalue weighted by Crippen LogP contribution is 2.38. The Morgan fingerprint density at radius 3 is 2.92 bits per heavy atom. The van der Waals surface area contributed by atoms with E-state index in [9.17, 15) is 4.79 Å². The van der Waals surface area contributed by atoms with Crippen LogP contribution in [0.15, 0.2) is 18.2 Å². The lowest BCUT2D eigenvalue weighted by Crippen LogP contribution is -2.41. The van der Waals surface area contributed by atoms with Crippen LogP contribution in [0, 0.1) is 5.92 Å². The van der Waals surface area contributed by atoms with Crippen molar-refractivity contribution in [3.05, 3.63) is 23.8 Å². The molecule has 0 aromatic heterocycles. The third-order valence-electron chi connectivity index (χ3n) is 4.88. The van der Waals surface area contributed by atoms with Crippen molar-refractivity contribution >= 4 is 6.03 Å². The molecule has 2 aliphatic rings. The van der Waals surface area contributed by atoms with Crippen molar-refractivity contribution in [1.82, 2.24) is 10.2 Å². The summed E-state index contributed by atoms with van der Waals surface area (Å²) in [4.78, 5) is 14.5. The van der Waals surface area contributed by atoms with Gasteiger partial charge in [-0.15, -0.1) is 0 Å². The number of likely N-dealkylation sites (tertiary alicyclic amines) is 1.